The number of allylic oxidation sites excluding steroid dienone is 8. The molecule has 87 valence electrons. The Morgan fingerprint density at radius 1 is 1.06 bits per heavy atom. The molecule has 0 nitrogen and oxygen atoms in total. The first kappa shape index (κ1) is 16.5. The van der Waals surface area contributed by atoms with E-state index >= 15 is 0 Å². The van der Waals surface area contributed by atoms with Gasteiger partial charge in [0.25, 0.3) is 0 Å². The molecule has 0 saturated carbocycles. The molecule has 0 spiro atoms. The van der Waals surface area contributed by atoms with E-state index in [0.29, 0.717) is 0 Å². The molecule has 0 amide bonds. The van der Waals surface area contributed by atoms with E-state index in [1.54, 1.807) is 6.56 Å². The second-order valence-corrected chi connectivity index (χ2v) is 14.3. The molecule has 0 unspecified atom stereocenters. The Kier molecular flexibility index (Phi) is 7.26. The van der Waals surface area contributed by atoms with Crippen molar-refractivity contribution in [3.8, 4) is 0 Å². The first-order valence-electron chi connectivity index (χ1n) is 5.35. The van der Waals surface area contributed by atoms with Gasteiger partial charge in [0.1, 0.15) is 0 Å². The van der Waals surface area contributed by atoms with Crippen molar-refractivity contribution in [3.63, 3.8) is 0 Å². The zero-order valence-corrected chi connectivity index (χ0v) is 13.7. The summed E-state index contributed by atoms with van der Waals surface area (Å²) in [5, 5.41) is 0. The van der Waals surface area contributed by atoms with Crippen LogP contribution in [-0.2, 0) is 19.5 Å². The summed E-state index contributed by atoms with van der Waals surface area (Å²) in [6, 6.07) is 0. The van der Waals surface area contributed by atoms with Crippen molar-refractivity contribution in [2.45, 2.75) is 23.9 Å². The SMILES string of the molecule is Cl.Cl.[BH]=[Zr]([CH2]C)([C]1=CC=CC1)[C]1=CC=CC1. The van der Waals surface area contributed by atoms with Crippen LogP contribution < -0.4 is 0 Å². The van der Waals surface area contributed by atoms with Crippen LogP contribution in [0.2, 0.25) is 4.13 Å². The molecule has 0 aliphatic heterocycles. The topological polar surface area (TPSA) is 0 Å². The van der Waals surface area contributed by atoms with Gasteiger partial charge in [-0.25, -0.2) is 0 Å². The average molecular weight is 335 g/mol. The summed E-state index contributed by atoms with van der Waals surface area (Å²) in [5.74, 6) is 0. The Hall–Kier alpha value is 0.488. The Bertz CT molecular complexity index is 371. The van der Waals surface area contributed by atoms with E-state index in [4.69, 9.17) is 0 Å². The number of hydrogen-bond acceptors (Lipinski definition) is 0. The van der Waals surface area contributed by atoms with Crippen molar-refractivity contribution in [2.75, 3.05) is 0 Å². The summed E-state index contributed by atoms with van der Waals surface area (Å²) in [4.78, 5) is 4.65. The first-order chi connectivity index (χ1) is 6.77. The Morgan fingerprint density at radius 2 is 1.50 bits per heavy atom. The molecule has 0 saturated heterocycles. The van der Waals surface area contributed by atoms with Gasteiger partial charge in [0.05, 0.1) is 0 Å². The summed E-state index contributed by atoms with van der Waals surface area (Å²) in [7, 11) is 0. The van der Waals surface area contributed by atoms with E-state index < -0.39 is 19.5 Å². The van der Waals surface area contributed by atoms with Crippen LogP contribution in [-0.4, -0.2) is 4.94 Å². The van der Waals surface area contributed by atoms with Crippen molar-refractivity contribution in [1.29, 1.82) is 0 Å². The van der Waals surface area contributed by atoms with Gasteiger partial charge in [-0.3, -0.25) is 0 Å². The summed E-state index contributed by atoms with van der Waals surface area (Å²) in [6.45, 7) is 2.32. The van der Waals surface area contributed by atoms with Crippen LogP contribution in [0.25, 0.3) is 0 Å². The predicted molar refractivity (Wildman–Crippen MR) is 75.8 cm³/mol. The Morgan fingerprint density at radius 3 is 1.75 bits per heavy atom. The average Bonchev–Trinajstić information content (AvgIpc) is 2.88. The normalized spacial score (nSPS) is 17.5. The molecule has 2 aliphatic carbocycles. The van der Waals surface area contributed by atoms with Crippen LogP contribution in [0.4, 0.5) is 0 Å². The third-order valence-electron chi connectivity index (χ3n) is 3.38. The minimum absolute atomic E-state index is 0. The fourth-order valence-electron chi connectivity index (χ4n) is 2.26. The van der Waals surface area contributed by atoms with Gasteiger partial charge in [-0.2, -0.15) is 0 Å². The molecule has 0 heterocycles. The van der Waals surface area contributed by atoms with Crippen LogP contribution in [0, 0.1) is 0 Å². The quantitative estimate of drug-likeness (QED) is 0.686. The molecule has 0 aromatic rings. The Labute approximate surface area is 115 Å². The van der Waals surface area contributed by atoms with Crippen LogP contribution in [0.3, 0.4) is 0 Å². The molecule has 0 aromatic carbocycles. The Balaban J connectivity index is 0.00000112. The molecule has 0 fully saturated rings. The van der Waals surface area contributed by atoms with Crippen LogP contribution in [0.15, 0.2) is 43.0 Å². The van der Waals surface area contributed by atoms with Crippen molar-refractivity contribution in [3.05, 3.63) is 43.0 Å². The zero-order valence-electron chi connectivity index (χ0n) is 9.61. The molecule has 0 N–H and O–H groups in total. The van der Waals surface area contributed by atoms with Crippen molar-refractivity contribution < 1.29 is 19.5 Å². The van der Waals surface area contributed by atoms with Gasteiger partial charge in [-0.05, 0) is 0 Å². The van der Waals surface area contributed by atoms with E-state index in [2.05, 4.69) is 48.3 Å². The van der Waals surface area contributed by atoms with Gasteiger partial charge < -0.3 is 0 Å². The summed E-state index contributed by atoms with van der Waals surface area (Å²) in [6.07, 6.45) is 15.9. The van der Waals surface area contributed by atoms with Crippen molar-refractivity contribution >= 4 is 29.8 Å². The van der Waals surface area contributed by atoms with E-state index in [0.717, 1.165) is 0 Å². The fourth-order valence-corrected chi connectivity index (χ4v) is 10.1. The molecule has 0 bridgehead atoms. The van der Waals surface area contributed by atoms with Crippen molar-refractivity contribution in [2.24, 2.45) is 0 Å². The molecule has 2 rings (SSSR count). The summed E-state index contributed by atoms with van der Waals surface area (Å²) in [5.41, 5.74) is 0. The monoisotopic (exact) mass is 333 g/mol. The standard InChI is InChI=1S/2C5H5.C2H5.BH.2ClH.Zr/c2*1-2-4-5-3-1;1-2;;;;/h2*1-3H,4H2;1H2,2H3;3*1H;. The van der Waals surface area contributed by atoms with Crippen LogP contribution in [0.1, 0.15) is 19.8 Å². The van der Waals surface area contributed by atoms with Gasteiger partial charge in [0, 0.05) is 0 Å². The maximum atomic E-state index is 4.65. The van der Waals surface area contributed by atoms with E-state index in [-0.39, 0.29) is 24.8 Å². The third kappa shape index (κ3) is 3.03. The van der Waals surface area contributed by atoms with Crippen LogP contribution in [0.5, 0.6) is 0 Å². The molecule has 4 heteroatoms. The number of halogens is 2. The zero-order chi connectivity index (χ0) is 10.0. The van der Waals surface area contributed by atoms with Gasteiger partial charge in [0.15, 0.2) is 0 Å². The molecule has 0 radical (unpaired) electrons. The van der Waals surface area contributed by atoms with Gasteiger partial charge in [0.2, 0.25) is 0 Å². The molecule has 16 heavy (non-hydrogen) atoms. The molecular formula is C12H18BCl2Zr. The second-order valence-electron chi connectivity index (χ2n) is 4.08. The number of hydrogen-bond donors (Lipinski definition) is 0. The number of rotatable bonds is 3. The fraction of sp³-hybridized carbons (Fsp3) is 0.333. The van der Waals surface area contributed by atoms with E-state index in [1.807, 2.05) is 0 Å². The molecular weight excluding hydrogens is 317 g/mol. The van der Waals surface area contributed by atoms with E-state index in [1.165, 1.54) is 17.0 Å². The third-order valence-corrected chi connectivity index (χ3v) is 14.2. The van der Waals surface area contributed by atoms with Crippen molar-refractivity contribution in [1.82, 2.24) is 0 Å². The van der Waals surface area contributed by atoms with Crippen LogP contribution >= 0.6 is 24.8 Å². The second kappa shape index (κ2) is 7.04. The molecule has 2 aliphatic rings. The summed E-state index contributed by atoms with van der Waals surface area (Å²) >= 11 is -2.31. The minimum atomic E-state index is -2.31. The summed E-state index contributed by atoms with van der Waals surface area (Å²) < 4.78 is 4.66. The van der Waals surface area contributed by atoms with E-state index in [9.17, 15) is 0 Å². The molecule has 0 atom stereocenters. The first-order valence-corrected chi connectivity index (χ1v) is 11.3. The van der Waals surface area contributed by atoms with Gasteiger partial charge in [-0.1, -0.05) is 0 Å². The van der Waals surface area contributed by atoms with Gasteiger partial charge in [-0.15, -0.1) is 24.8 Å². The predicted octanol–water partition coefficient (Wildman–Crippen LogP) is 3.93. The maximum absolute atomic E-state index is 4.65. The molecule has 0 aromatic heterocycles. The van der Waals surface area contributed by atoms with Gasteiger partial charge >= 0.3 is 91.4 Å².